The Morgan fingerprint density at radius 3 is 1.55 bits per heavy atom. The number of alkyl carbamates (subject to hydrolysis) is 2. The molecule has 1 saturated carbocycles. The first-order valence-corrected chi connectivity index (χ1v) is 24.6. The maximum Gasteiger partial charge on any atom is 0.414 e. The fraction of sp³-hybridized carbons (Fsp3) is 0.643. The summed E-state index contributed by atoms with van der Waals surface area (Å²) in [5.41, 5.74) is 9.52. The van der Waals surface area contributed by atoms with Gasteiger partial charge in [-0.15, -0.1) is 0 Å². The van der Waals surface area contributed by atoms with E-state index in [4.69, 9.17) is 13.9 Å². The maximum absolute atomic E-state index is 14.9. The highest BCUT2D eigenvalue weighted by Crippen LogP contribution is 2.48. The number of furan rings is 1. The van der Waals surface area contributed by atoms with E-state index in [2.05, 4.69) is 109 Å². The Morgan fingerprint density at radius 1 is 0.652 bits per heavy atom. The molecule has 3 aliphatic rings. The highest BCUT2D eigenvalue weighted by atomic mass is 16.6. The maximum atomic E-state index is 14.9. The van der Waals surface area contributed by atoms with Crippen molar-refractivity contribution in [1.29, 1.82) is 0 Å². The Morgan fingerprint density at radius 2 is 1.08 bits per heavy atom. The molecule has 2 N–H and O–H groups in total. The van der Waals surface area contributed by atoms with Gasteiger partial charge in [-0.05, 0) is 197 Å². The van der Waals surface area contributed by atoms with Crippen LogP contribution in [0.2, 0.25) is 0 Å². The summed E-state index contributed by atoms with van der Waals surface area (Å²) in [7, 11) is 0. The van der Waals surface area contributed by atoms with Crippen molar-refractivity contribution in [2.24, 2.45) is 16.8 Å². The molecule has 3 amide bonds. The number of amides is 3. The molecule has 0 saturated heterocycles. The lowest BCUT2D eigenvalue weighted by molar-refractivity contribution is 0.0543. The predicted octanol–water partition coefficient (Wildman–Crippen LogP) is 13.0. The number of fused-ring (bicyclic) bond motifs is 2. The van der Waals surface area contributed by atoms with Crippen LogP contribution in [0.25, 0.3) is 0 Å². The van der Waals surface area contributed by atoms with Crippen molar-refractivity contribution in [3.05, 3.63) is 92.4 Å². The number of carbonyl (C=O) groups excluding carboxylic acids is 3. The average Bonchev–Trinajstić information content (AvgIpc) is 3.65. The summed E-state index contributed by atoms with van der Waals surface area (Å²) in [5.74, 6) is 1.60. The molecule has 0 atom stereocenters. The molecule has 0 bridgehead atoms. The van der Waals surface area contributed by atoms with Crippen molar-refractivity contribution < 1.29 is 28.3 Å². The van der Waals surface area contributed by atoms with E-state index in [1.165, 1.54) is 50.9 Å². The largest absolute Gasteiger partial charge is 0.456 e. The van der Waals surface area contributed by atoms with Gasteiger partial charge < -0.3 is 18.8 Å². The number of hydrogen-bond acceptors (Lipinski definition) is 7. The molecule has 6 rings (SSSR count). The zero-order valence-corrected chi connectivity index (χ0v) is 43.4. The van der Waals surface area contributed by atoms with Gasteiger partial charge in [-0.1, -0.05) is 79.7 Å². The van der Waals surface area contributed by atoms with Crippen LogP contribution in [-0.4, -0.2) is 53.2 Å². The number of benzene rings is 2. The van der Waals surface area contributed by atoms with Crippen LogP contribution in [-0.2, 0) is 44.1 Å². The standard InChI is InChI=1S/C56H82N4O6/c1-35-27-42-44(55(13,14)25-23-53(42,9)10)30-39(35)29-41-21-22-46(64-41)47(61)60(34-40-31-45-43(28-36(40)2)54(11,12)24-26-56(45,15)16)33-38-19-17-37(18-20-38)32-57-48(58-49(62)65-51(3,4)5)59-50(63)66-52(6,7)8/h21-22,27-28,30-31,37-38H,17-20,23-26,29,32-34H2,1-16H3,(H2,57,58,59,62,63). The fourth-order valence-electron chi connectivity index (χ4n) is 10.3. The lowest BCUT2D eigenvalue weighted by Gasteiger charge is -2.42. The van der Waals surface area contributed by atoms with E-state index >= 15 is 0 Å². The van der Waals surface area contributed by atoms with Crippen LogP contribution < -0.4 is 10.6 Å². The van der Waals surface area contributed by atoms with Crippen molar-refractivity contribution in [2.45, 2.75) is 208 Å². The molecule has 0 aliphatic heterocycles. The van der Waals surface area contributed by atoms with Crippen LogP contribution in [0.1, 0.15) is 209 Å². The van der Waals surface area contributed by atoms with E-state index in [0.29, 0.717) is 31.8 Å². The summed E-state index contributed by atoms with van der Waals surface area (Å²) in [4.78, 5) is 47.0. The van der Waals surface area contributed by atoms with Gasteiger partial charge in [0.25, 0.3) is 5.91 Å². The summed E-state index contributed by atoms with van der Waals surface area (Å²) in [5, 5.41) is 5.22. The second kappa shape index (κ2) is 18.8. The van der Waals surface area contributed by atoms with E-state index in [1.807, 2.05) is 17.0 Å². The second-order valence-electron chi connectivity index (χ2n) is 24.6. The van der Waals surface area contributed by atoms with Gasteiger partial charge in [0.05, 0.1) is 0 Å². The number of guanidine groups is 1. The summed E-state index contributed by atoms with van der Waals surface area (Å²) in [6.45, 7) is 35.4. The molecule has 10 nitrogen and oxygen atoms in total. The first-order valence-electron chi connectivity index (χ1n) is 24.6. The van der Waals surface area contributed by atoms with E-state index in [-0.39, 0.29) is 45.4 Å². The highest BCUT2D eigenvalue weighted by molar-refractivity contribution is 6.01. The molecule has 362 valence electrons. The summed E-state index contributed by atoms with van der Waals surface area (Å²) in [6.07, 6.45) is 7.42. The third-order valence-electron chi connectivity index (χ3n) is 14.7. The smallest absolute Gasteiger partial charge is 0.414 e. The molecule has 0 radical (unpaired) electrons. The first-order chi connectivity index (χ1) is 30.4. The Hall–Kier alpha value is -4.60. The molecule has 3 aliphatic carbocycles. The van der Waals surface area contributed by atoms with Gasteiger partial charge in [0.2, 0.25) is 5.96 Å². The van der Waals surface area contributed by atoms with Crippen molar-refractivity contribution in [3.8, 4) is 0 Å². The van der Waals surface area contributed by atoms with Gasteiger partial charge in [0.15, 0.2) is 5.76 Å². The molecule has 1 fully saturated rings. The van der Waals surface area contributed by atoms with Crippen molar-refractivity contribution >= 4 is 24.1 Å². The second-order valence-corrected chi connectivity index (χ2v) is 24.6. The van der Waals surface area contributed by atoms with Gasteiger partial charge >= 0.3 is 12.2 Å². The molecule has 10 heteroatoms. The normalized spacial score (nSPS) is 20.5. The van der Waals surface area contributed by atoms with E-state index < -0.39 is 23.4 Å². The molecule has 1 heterocycles. The third-order valence-corrected chi connectivity index (χ3v) is 14.7. The van der Waals surface area contributed by atoms with E-state index in [9.17, 15) is 14.4 Å². The molecular formula is C56H82N4O6. The highest BCUT2D eigenvalue weighted by Gasteiger charge is 2.39. The zero-order chi connectivity index (χ0) is 48.8. The molecule has 66 heavy (non-hydrogen) atoms. The molecule has 2 aromatic carbocycles. The van der Waals surface area contributed by atoms with Crippen LogP contribution in [0.15, 0.2) is 45.8 Å². The van der Waals surface area contributed by atoms with Crippen LogP contribution in [0.3, 0.4) is 0 Å². The van der Waals surface area contributed by atoms with Crippen LogP contribution in [0.4, 0.5) is 9.59 Å². The van der Waals surface area contributed by atoms with Crippen molar-refractivity contribution in [3.63, 3.8) is 0 Å². The average molecular weight is 907 g/mol. The summed E-state index contributed by atoms with van der Waals surface area (Å²) < 4.78 is 17.4. The number of nitrogens with zero attached hydrogens (tertiary/aromatic N) is 2. The lowest BCUT2D eigenvalue weighted by Crippen LogP contribution is -2.47. The third kappa shape index (κ3) is 12.5. The number of aryl methyl sites for hydroxylation is 2. The SMILES string of the molecule is Cc1cc2c(cc1Cc1ccc(C(=O)N(Cc3cc4c(cc3C)C(C)(C)CCC4(C)C)CC3CCC(CN=C(NC(=O)OC(C)(C)C)NC(=O)OC(C)(C)C)CC3)o1)C(C)(C)CCC2(C)C. The Balaban J connectivity index is 1.22. The Labute approximate surface area is 396 Å². The molecule has 1 aromatic heterocycles. The quantitative estimate of drug-likeness (QED) is 0.163. The number of ether oxygens (including phenoxy) is 2. The summed E-state index contributed by atoms with van der Waals surface area (Å²) in [6, 6.07) is 13.4. The van der Waals surface area contributed by atoms with Crippen LogP contribution >= 0.6 is 0 Å². The topological polar surface area (TPSA) is 122 Å². The number of aliphatic imine (C=N–C) groups is 1. The van der Waals surface area contributed by atoms with Gasteiger partial charge in [-0.2, -0.15) is 0 Å². The number of rotatable bonds is 9. The van der Waals surface area contributed by atoms with E-state index in [1.54, 1.807) is 41.5 Å². The Kier molecular flexibility index (Phi) is 14.5. The van der Waals surface area contributed by atoms with Crippen LogP contribution in [0, 0.1) is 25.7 Å². The number of hydrogen-bond donors (Lipinski definition) is 2. The fourth-order valence-corrected chi connectivity index (χ4v) is 10.3. The minimum atomic E-state index is -0.726. The van der Waals surface area contributed by atoms with Gasteiger partial charge in [-0.25, -0.2) is 9.59 Å². The van der Waals surface area contributed by atoms with E-state index in [0.717, 1.165) is 50.7 Å². The number of nitrogens with one attached hydrogen (secondary N) is 2. The molecular weight excluding hydrogens is 825 g/mol. The van der Waals surface area contributed by atoms with Gasteiger partial charge in [0.1, 0.15) is 17.0 Å². The molecule has 0 spiro atoms. The zero-order valence-electron chi connectivity index (χ0n) is 43.4. The predicted molar refractivity (Wildman–Crippen MR) is 266 cm³/mol. The Bertz CT molecular complexity index is 2280. The van der Waals surface area contributed by atoms with Crippen molar-refractivity contribution in [1.82, 2.24) is 15.5 Å². The first kappa shape index (κ1) is 50.8. The lowest BCUT2D eigenvalue weighted by atomic mass is 9.62. The summed E-state index contributed by atoms with van der Waals surface area (Å²) >= 11 is 0. The van der Waals surface area contributed by atoms with Gasteiger partial charge in [-0.3, -0.25) is 20.4 Å². The van der Waals surface area contributed by atoms with Gasteiger partial charge in [0, 0.05) is 26.1 Å². The molecule has 3 aromatic rings. The minimum Gasteiger partial charge on any atom is -0.456 e. The monoisotopic (exact) mass is 907 g/mol. The molecule has 0 unspecified atom stereocenters. The van der Waals surface area contributed by atoms with Crippen LogP contribution in [0.5, 0.6) is 0 Å². The minimum absolute atomic E-state index is 0.00299. The van der Waals surface area contributed by atoms with Crippen molar-refractivity contribution in [2.75, 3.05) is 13.1 Å². The number of carbonyl (C=O) groups is 3.